The minimum Gasteiger partial charge on any atom is -0.450 e. The highest BCUT2D eigenvalue weighted by atomic mass is 16.6. The number of carbonyl (C=O) groups is 1. The molecule has 1 aliphatic heterocycles. The number of nitrogens with zero attached hydrogens (tertiary/aromatic N) is 2. The van der Waals surface area contributed by atoms with E-state index < -0.39 is 5.60 Å². The summed E-state index contributed by atoms with van der Waals surface area (Å²) < 4.78 is 6.58. The fraction of sp³-hybridized carbons (Fsp3) is 0.500. The summed E-state index contributed by atoms with van der Waals surface area (Å²) in [6.07, 6.45) is 0.742. The van der Waals surface area contributed by atoms with Gasteiger partial charge in [0.05, 0.1) is 5.56 Å². The summed E-state index contributed by atoms with van der Waals surface area (Å²) in [5.74, 6) is -0.300. The Kier molecular flexibility index (Phi) is 7.07. The first-order valence-electron chi connectivity index (χ1n) is 11.3. The molecule has 1 heterocycles. The van der Waals surface area contributed by atoms with Gasteiger partial charge in [-0.05, 0) is 56.9 Å². The van der Waals surface area contributed by atoms with Gasteiger partial charge in [0.2, 0.25) is 0 Å². The van der Waals surface area contributed by atoms with Crippen LogP contribution >= 0.6 is 0 Å². The molecule has 0 aliphatic carbocycles. The minimum atomic E-state index is -0.735. The lowest BCUT2D eigenvalue weighted by molar-refractivity contribution is -0.159. The fourth-order valence-corrected chi connectivity index (χ4v) is 5.00. The average molecular weight is 424 g/mol. The number of ether oxygens (including phenoxy) is 1. The van der Waals surface area contributed by atoms with Crippen LogP contribution in [0.25, 0.3) is 0 Å². The molecule has 168 valence electrons. The van der Waals surface area contributed by atoms with Crippen LogP contribution in [0.1, 0.15) is 50.0 Å². The maximum absolute atomic E-state index is 13.4. The van der Waals surface area contributed by atoms with Gasteiger partial charge >= 0.3 is 5.97 Å². The summed E-state index contributed by atoms with van der Waals surface area (Å²) in [6.45, 7) is 12.5. The molecular formula is C26H37N3O2. The zero-order valence-corrected chi connectivity index (χ0v) is 19.6. The Morgan fingerprint density at radius 1 is 1.13 bits per heavy atom. The van der Waals surface area contributed by atoms with E-state index >= 15 is 0 Å². The molecule has 1 aliphatic rings. The van der Waals surface area contributed by atoms with Gasteiger partial charge in [0.25, 0.3) is 0 Å². The number of likely N-dealkylation sites (tertiary alicyclic amines) is 1. The van der Waals surface area contributed by atoms with Crippen LogP contribution < -0.4 is 5.73 Å². The highest BCUT2D eigenvalue weighted by Crippen LogP contribution is 2.51. The molecule has 0 bridgehead atoms. The van der Waals surface area contributed by atoms with E-state index in [9.17, 15) is 4.79 Å². The molecule has 1 fully saturated rings. The molecule has 0 aromatic heterocycles. The molecule has 2 aromatic carbocycles. The molecule has 0 amide bonds. The molecule has 2 N–H and O–H groups in total. The van der Waals surface area contributed by atoms with Crippen LogP contribution in [0.5, 0.6) is 0 Å². The quantitative estimate of drug-likeness (QED) is 0.529. The number of rotatable bonds is 7. The summed E-state index contributed by atoms with van der Waals surface area (Å²) in [6, 6.07) is 17.6. The first-order chi connectivity index (χ1) is 14.7. The maximum Gasteiger partial charge on any atom is 0.339 e. The third-order valence-corrected chi connectivity index (χ3v) is 7.03. The summed E-state index contributed by atoms with van der Waals surface area (Å²) in [5.41, 5.74) is 7.03. The molecule has 3 unspecified atom stereocenters. The lowest BCUT2D eigenvalue weighted by Crippen LogP contribution is -2.63. The molecule has 0 radical (unpaired) electrons. The second kappa shape index (κ2) is 9.41. The summed E-state index contributed by atoms with van der Waals surface area (Å²) in [5, 5.41) is 0. The fourth-order valence-electron chi connectivity index (χ4n) is 5.00. The molecule has 2 aromatic rings. The van der Waals surface area contributed by atoms with Crippen molar-refractivity contribution in [2.24, 2.45) is 5.41 Å². The second-order valence-corrected chi connectivity index (χ2v) is 9.19. The minimum absolute atomic E-state index is 0.282. The first kappa shape index (κ1) is 23.3. The molecule has 0 saturated carbocycles. The molecular weight excluding hydrogens is 386 g/mol. The van der Waals surface area contributed by atoms with Crippen molar-refractivity contribution in [3.8, 4) is 0 Å². The van der Waals surface area contributed by atoms with Gasteiger partial charge in [-0.2, -0.15) is 0 Å². The Labute approximate surface area is 187 Å². The summed E-state index contributed by atoms with van der Waals surface area (Å²) in [4.78, 5) is 18.2. The second-order valence-electron chi connectivity index (χ2n) is 9.19. The van der Waals surface area contributed by atoms with Crippen LogP contribution in [0.3, 0.4) is 0 Å². The van der Waals surface area contributed by atoms with Crippen molar-refractivity contribution < 1.29 is 9.53 Å². The van der Waals surface area contributed by atoms with Crippen LogP contribution in [0.2, 0.25) is 0 Å². The van der Waals surface area contributed by atoms with Gasteiger partial charge in [0.1, 0.15) is 5.60 Å². The number of hydrogen-bond donors (Lipinski definition) is 1. The van der Waals surface area contributed by atoms with Gasteiger partial charge in [-0.15, -0.1) is 0 Å². The van der Waals surface area contributed by atoms with Crippen molar-refractivity contribution in [1.29, 1.82) is 0 Å². The largest absolute Gasteiger partial charge is 0.450 e. The monoisotopic (exact) mass is 423 g/mol. The Balaban J connectivity index is 2.11. The van der Waals surface area contributed by atoms with Gasteiger partial charge in [0.15, 0.2) is 0 Å². The Bertz CT molecular complexity index is 866. The van der Waals surface area contributed by atoms with E-state index in [0.29, 0.717) is 11.3 Å². The van der Waals surface area contributed by atoms with E-state index in [0.717, 1.165) is 38.2 Å². The van der Waals surface area contributed by atoms with Gasteiger partial charge in [-0.3, -0.25) is 0 Å². The number of nitrogens with two attached hydrogens (primary N) is 1. The smallest absolute Gasteiger partial charge is 0.339 e. The third-order valence-electron chi connectivity index (χ3n) is 7.03. The van der Waals surface area contributed by atoms with Crippen molar-refractivity contribution in [2.45, 2.75) is 45.8 Å². The van der Waals surface area contributed by atoms with Crippen LogP contribution in [0, 0.1) is 5.41 Å². The highest BCUT2D eigenvalue weighted by molar-refractivity contribution is 5.90. The molecule has 31 heavy (non-hydrogen) atoms. The van der Waals surface area contributed by atoms with E-state index in [-0.39, 0.29) is 17.4 Å². The number of anilines is 1. The first-order valence-corrected chi connectivity index (χ1v) is 11.3. The van der Waals surface area contributed by atoms with E-state index in [1.165, 1.54) is 0 Å². The van der Waals surface area contributed by atoms with Gasteiger partial charge in [-0.25, -0.2) is 4.79 Å². The lowest BCUT2D eigenvalue weighted by atomic mass is 9.63. The molecule has 3 atom stereocenters. The van der Waals surface area contributed by atoms with Gasteiger partial charge in [0, 0.05) is 36.7 Å². The van der Waals surface area contributed by atoms with Crippen molar-refractivity contribution in [2.75, 3.05) is 39.0 Å². The molecule has 0 spiro atoms. The topological polar surface area (TPSA) is 58.8 Å². The Morgan fingerprint density at radius 3 is 2.32 bits per heavy atom. The zero-order chi connectivity index (χ0) is 22.6. The van der Waals surface area contributed by atoms with Crippen molar-refractivity contribution in [1.82, 2.24) is 9.80 Å². The predicted octanol–water partition coefficient (Wildman–Crippen LogP) is 4.39. The highest BCUT2D eigenvalue weighted by Gasteiger charge is 2.57. The molecule has 5 heteroatoms. The van der Waals surface area contributed by atoms with Crippen LogP contribution in [-0.4, -0.2) is 55.0 Å². The summed E-state index contributed by atoms with van der Waals surface area (Å²) in [7, 11) is 2.17. The van der Waals surface area contributed by atoms with Crippen molar-refractivity contribution in [3.63, 3.8) is 0 Å². The van der Waals surface area contributed by atoms with E-state index in [2.05, 4.69) is 56.7 Å². The maximum atomic E-state index is 13.4. The Hall–Kier alpha value is -2.37. The SMILES string of the molecule is CCN(CC)CC1(C)CN(C)C(C)CC1(OC(=O)c1ccc(N)cc1)c1ccccc1. The predicted molar refractivity (Wildman–Crippen MR) is 127 cm³/mol. The number of carbonyl (C=O) groups excluding carboxylic acids is 1. The number of hydrogen-bond acceptors (Lipinski definition) is 5. The molecule has 3 rings (SSSR count). The van der Waals surface area contributed by atoms with E-state index in [4.69, 9.17) is 10.5 Å². The third kappa shape index (κ3) is 4.63. The van der Waals surface area contributed by atoms with E-state index in [1.807, 2.05) is 18.2 Å². The van der Waals surface area contributed by atoms with Crippen LogP contribution in [0.15, 0.2) is 54.6 Å². The van der Waals surface area contributed by atoms with Crippen LogP contribution in [-0.2, 0) is 10.3 Å². The molecule has 5 nitrogen and oxygen atoms in total. The zero-order valence-electron chi connectivity index (χ0n) is 19.6. The van der Waals surface area contributed by atoms with Gasteiger partial charge < -0.3 is 20.3 Å². The van der Waals surface area contributed by atoms with Crippen molar-refractivity contribution >= 4 is 11.7 Å². The van der Waals surface area contributed by atoms with Crippen molar-refractivity contribution in [3.05, 3.63) is 65.7 Å². The normalized spacial score (nSPS) is 26.7. The van der Waals surface area contributed by atoms with E-state index in [1.54, 1.807) is 24.3 Å². The molecule has 1 saturated heterocycles. The number of nitrogen functional groups attached to an aromatic ring is 1. The number of esters is 1. The number of piperidine rings is 1. The Morgan fingerprint density at radius 2 is 1.74 bits per heavy atom. The van der Waals surface area contributed by atoms with Gasteiger partial charge in [-0.1, -0.05) is 51.1 Å². The van der Waals surface area contributed by atoms with Crippen LogP contribution in [0.4, 0.5) is 5.69 Å². The summed E-state index contributed by atoms with van der Waals surface area (Å²) >= 11 is 0. The lowest BCUT2D eigenvalue weighted by Gasteiger charge is -2.56. The number of benzene rings is 2. The average Bonchev–Trinajstić information content (AvgIpc) is 2.77. The standard InChI is InChI=1S/C26H37N3O2/c1-6-29(7-2)19-25(4)18-28(5)20(3)17-26(25,22-11-9-8-10-12-22)31-24(30)21-13-15-23(27)16-14-21/h8-16,20H,6-7,17-19,27H2,1-5H3.